The van der Waals surface area contributed by atoms with Crippen molar-refractivity contribution in [1.29, 1.82) is 0 Å². The van der Waals surface area contributed by atoms with Crippen LogP contribution in [0.2, 0.25) is 0 Å². The Morgan fingerprint density at radius 1 is 1.21 bits per heavy atom. The van der Waals surface area contributed by atoms with Gasteiger partial charge in [0.15, 0.2) is 17.1 Å². The SMILES string of the molecule is CC#CC(C)(C)OC(=O)COc1c(C)cc([S+]2CCCC2)cc1C. The van der Waals surface area contributed by atoms with Crippen LogP contribution in [0.1, 0.15) is 44.7 Å². The van der Waals surface area contributed by atoms with Crippen LogP contribution in [0.4, 0.5) is 0 Å². The van der Waals surface area contributed by atoms with Gasteiger partial charge in [-0.15, -0.1) is 5.92 Å². The average molecular weight is 348 g/mol. The third-order valence-electron chi connectivity index (χ3n) is 3.93. The predicted molar refractivity (Wildman–Crippen MR) is 99.6 cm³/mol. The molecule has 0 bridgehead atoms. The number of hydrogen-bond acceptors (Lipinski definition) is 3. The number of benzene rings is 1. The lowest BCUT2D eigenvalue weighted by molar-refractivity contribution is -0.154. The molecule has 0 saturated carbocycles. The quantitative estimate of drug-likeness (QED) is 0.462. The van der Waals surface area contributed by atoms with Crippen molar-refractivity contribution in [1.82, 2.24) is 0 Å². The van der Waals surface area contributed by atoms with E-state index in [9.17, 15) is 4.79 Å². The molecule has 1 heterocycles. The third kappa shape index (κ3) is 4.95. The second kappa shape index (κ2) is 7.98. The fourth-order valence-electron chi connectivity index (χ4n) is 2.97. The van der Waals surface area contributed by atoms with Gasteiger partial charge in [0, 0.05) is 10.9 Å². The molecule has 2 rings (SSSR count). The van der Waals surface area contributed by atoms with Crippen LogP contribution >= 0.6 is 0 Å². The van der Waals surface area contributed by atoms with Gasteiger partial charge in [-0.2, -0.15) is 0 Å². The zero-order chi connectivity index (χ0) is 17.7. The van der Waals surface area contributed by atoms with Crippen LogP contribution in [-0.2, 0) is 20.4 Å². The van der Waals surface area contributed by atoms with Gasteiger partial charge in [0.05, 0.1) is 0 Å². The third-order valence-corrected chi connectivity index (χ3v) is 6.39. The van der Waals surface area contributed by atoms with Crippen LogP contribution in [0.25, 0.3) is 0 Å². The number of carbonyl (C=O) groups excluding carboxylic acids is 1. The Morgan fingerprint density at radius 3 is 2.33 bits per heavy atom. The Morgan fingerprint density at radius 2 is 1.79 bits per heavy atom. The summed E-state index contributed by atoms with van der Waals surface area (Å²) in [5.74, 6) is 8.63. The number of aryl methyl sites for hydroxylation is 2. The summed E-state index contributed by atoms with van der Waals surface area (Å²) in [6.07, 6.45) is 2.67. The molecule has 130 valence electrons. The van der Waals surface area contributed by atoms with Gasteiger partial charge in [-0.05, 0) is 70.7 Å². The van der Waals surface area contributed by atoms with E-state index in [1.807, 2.05) is 13.8 Å². The molecule has 0 amide bonds. The predicted octanol–water partition coefficient (Wildman–Crippen LogP) is 3.80. The van der Waals surface area contributed by atoms with Crippen LogP contribution in [0.15, 0.2) is 17.0 Å². The van der Waals surface area contributed by atoms with Crippen LogP contribution in [0.5, 0.6) is 5.75 Å². The second-order valence-electron chi connectivity index (χ2n) is 6.64. The Hall–Kier alpha value is -1.60. The minimum Gasteiger partial charge on any atom is -0.481 e. The molecule has 1 aliphatic rings. The molecule has 0 aromatic heterocycles. The summed E-state index contributed by atoms with van der Waals surface area (Å²) in [4.78, 5) is 13.4. The normalized spacial score (nSPS) is 14.9. The Labute approximate surface area is 148 Å². The highest BCUT2D eigenvalue weighted by atomic mass is 32.2. The highest BCUT2D eigenvalue weighted by Crippen LogP contribution is 2.30. The lowest BCUT2D eigenvalue weighted by atomic mass is 10.1. The van der Waals surface area contributed by atoms with Gasteiger partial charge in [0.2, 0.25) is 0 Å². The van der Waals surface area contributed by atoms with E-state index in [0.29, 0.717) is 10.9 Å². The molecule has 3 nitrogen and oxygen atoms in total. The average Bonchev–Trinajstić information content (AvgIpc) is 2.99. The molecule has 1 fully saturated rings. The van der Waals surface area contributed by atoms with Gasteiger partial charge in [-0.1, -0.05) is 5.92 Å². The lowest BCUT2D eigenvalue weighted by Crippen LogP contribution is -2.29. The van der Waals surface area contributed by atoms with Crippen molar-refractivity contribution < 1.29 is 14.3 Å². The molecule has 1 aromatic rings. The Balaban J connectivity index is 2.02. The standard InChI is InChI=1S/C20H27O3S/c1-6-9-20(4,5)23-18(21)14-22-19-15(2)12-17(13-16(19)3)24-10-7-8-11-24/h12-13H,7-8,10-11,14H2,1-5H3/q+1. The van der Waals surface area contributed by atoms with E-state index in [0.717, 1.165) is 16.9 Å². The molecule has 24 heavy (non-hydrogen) atoms. The topological polar surface area (TPSA) is 35.5 Å². The lowest BCUT2D eigenvalue weighted by Gasteiger charge is -2.19. The maximum absolute atomic E-state index is 12.0. The molecular weight excluding hydrogens is 320 g/mol. The Bertz CT molecular complexity index is 638. The van der Waals surface area contributed by atoms with Gasteiger partial charge in [-0.3, -0.25) is 0 Å². The van der Waals surface area contributed by atoms with E-state index >= 15 is 0 Å². The van der Waals surface area contributed by atoms with E-state index < -0.39 is 11.6 Å². The number of hydrogen-bond donors (Lipinski definition) is 0. The van der Waals surface area contributed by atoms with E-state index in [1.54, 1.807) is 20.8 Å². The molecule has 0 spiro atoms. The smallest absolute Gasteiger partial charge is 0.345 e. The number of rotatable bonds is 5. The summed E-state index contributed by atoms with van der Waals surface area (Å²) in [7, 11) is 0.390. The fraction of sp³-hybridized carbons (Fsp3) is 0.550. The molecule has 1 saturated heterocycles. The van der Waals surface area contributed by atoms with Gasteiger partial charge in [0.25, 0.3) is 0 Å². The van der Waals surface area contributed by atoms with Gasteiger partial charge in [0.1, 0.15) is 17.3 Å². The number of esters is 1. The summed E-state index contributed by atoms with van der Waals surface area (Å²) < 4.78 is 11.1. The van der Waals surface area contributed by atoms with Crippen molar-refractivity contribution in [3.63, 3.8) is 0 Å². The maximum atomic E-state index is 12.0. The zero-order valence-corrected chi connectivity index (χ0v) is 16.1. The summed E-state index contributed by atoms with van der Waals surface area (Å²) in [6.45, 7) is 9.27. The molecule has 0 unspecified atom stereocenters. The van der Waals surface area contributed by atoms with Crippen LogP contribution in [0, 0.1) is 25.7 Å². The first kappa shape index (κ1) is 18.7. The number of carbonyl (C=O) groups is 1. The first-order valence-corrected chi connectivity index (χ1v) is 9.96. The van der Waals surface area contributed by atoms with Crippen LogP contribution in [0.3, 0.4) is 0 Å². The van der Waals surface area contributed by atoms with Gasteiger partial charge < -0.3 is 9.47 Å². The van der Waals surface area contributed by atoms with E-state index in [4.69, 9.17) is 9.47 Å². The minimum absolute atomic E-state index is 0.0957. The van der Waals surface area contributed by atoms with Crippen molar-refractivity contribution in [2.24, 2.45) is 0 Å². The first-order valence-electron chi connectivity index (χ1n) is 8.39. The molecule has 1 aliphatic heterocycles. The highest BCUT2D eigenvalue weighted by Gasteiger charge is 2.28. The second-order valence-corrected chi connectivity index (χ2v) is 8.92. The minimum atomic E-state index is -0.785. The summed E-state index contributed by atoms with van der Waals surface area (Å²) in [6, 6.07) is 4.43. The molecule has 4 heteroatoms. The molecule has 0 N–H and O–H groups in total. The monoisotopic (exact) mass is 347 g/mol. The van der Waals surface area contributed by atoms with Gasteiger partial charge >= 0.3 is 5.97 Å². The first-order chi connectivity index (χ1) is 11.3. The fourth-order valence-corrected chi connectivity index (χ4v) is 5.43. The van der Waals surface area contributed by atoms with E-state index in [2.05, 4.69) is 24.0 Å². The summed E-state index contributed by atoms with van der Waals surface area (Å²) in [5.41, 5.74) is 1.39. The van der Waals surface area contributed by atoms with Crippen molar-refractivity contribution in [3.05, 3.63) is 23.3 Å². The number of ether oxygens (including phenoxy) is 2. The van der Waals surface area contributed by atoms with Crippen LogP contribution < -0.4 is 4.74 Å². The molecular formula is C20H27O3S+. The van der Waals surface area contributed by atoms with E-state index in [1.165, 1.54) is 29.2 Å². The highest BCUT2D eigenvalue weighted by molar-refractivity contribution is 7.97. The zero-order valence-electron chi connectivity index (χ0n) is 15.3. The van der Waals surface area contributed by atoms with Crippen molar-refractivity contribution in [2.75, 3.05) is 18.1 Å². The molecule has 0 aliphatic carbocycles. The maximum Gasteiger partial charge on any atom is 0.345 e. The Kier molecular flexibility index (Phi) is 6.23. The summed E-state index contributed by atoms with van der Waals surface area (Å²) >= 11 is 0. The summed E-state index contributed by atoms with van der Waals surface area (Å²) in [5, 5.41) is 0. The van der Waals surface area contributed by atoms with Crippen molar-refractivity contribution in [3.8, 4) is 17.6 Å². The van der Waals surface area contributed by atoms with Gasteiger partial charge in [-0.25, -0.2) is 4.79 Å². The van der Waals surface area contributed by atoms with E-state index in [-0.39, 0.29) is 6.61 Å². The van der Waals surface area contributed by atoms with Crippen molar-refractivity contribution in [2.45, 2.75) is 58.0 Å². The van der Waals surface area contributed by atoms with Crippen molar-refractivity contribution >= 4 is 16.9 Å². The largest absolute Gasteiger partial charge is 0.481 e. The molecule has 0 atom stereocenters. The molecule has 1 aromatic carbocycles. The van der Waals surface area contributed by atoms with Crippen LogP contribution in [-0.4, -0.2) is 29.7 Å². The molecule has 0 radical (unpaired) electrons.